The van der Waals surface area contributed by atoms with Gasteiger partial charge >= 0.3 is 0 Å². The van der Waals surface area contributed by atoms with E-state index in [0.717, 1.165) is 37.1 Å². The topological polar surface area (TPSA) is 76.4 Å². The molecule has 28 heavy (non-hydrogen) atoms. The highest BCUT2D eigenvalue weighted by atomic mass is 32.2. The molecule has 7 heteroatoms. The molecule has 2 aromatic rings. The zero-order valence-corrected chi connectivity index (χ0v) is 16.6. The Kier molecular flexibility index (Phi) is 7.59. The van der Waals surface area contributed by atoms with Crippen molar-refractivity contribution in [1.82, 2.24) is 0 Å². The third kappa shape index (κ3) is 5.33. The predicted molar refractivity (Wildman–Crippen MR) is 105 cm³/mol. The second-order valence-corrected chi connectivity index (χ2v) is 7.84. The van der Waals surface area contributed by atoms with Crippen LogP contribution in [0.3, 0.4) is 0 Å². The Labute approximate surface area is 164 Å². The van der Waals surface area contributed by atoms with Crippen LogP contribution in [0.5, 0.6) is 11.5 Å². The van der Waals surface area contributed by atoms with E-state index in [1.165, 1.54) is 6.08 Å². The van der Waals surface area contributed by atoms with Crippen LogP contribution in [0.2, 0.25) is 0 Å². The Bertz CT molecular complexity index is 976. The molecule has 0 spiro atoms. The largest absolute Gasteiger partial charge is 0.490 e. The zero-order valence-electron chi connectivity index (χ0n) is 15.8. The fraction of sp³-hybridized carbons (Fsp3) is 0.286. The molecule has 0 radical (unpaired) electrons. The van der Waals surface area contributed by atoms with Crippen LogP contribution in [0.15, 0.2) is 52.3 Å². The molecular weight excluding hydrogens is 381 g/mol. The van der Waals surface area contributed by atoms with Crippen molar-refractivity contribution in [2.24, 2.45) is 0 Å². The Morgan fingerprint density at radius 3 is 2.43 bits per heavy atom. The van der Waals surface area contributed by atoms with Gasteiger partial charge in [-0.25, -0.2) is 12.8 Å². The summed E-state index contributed by atoms with van der Waals surface area (Å²) in [6.45, 7) is 4.86. The molecule has 0 atom stereocenters. The normalized spacial score (nSPS) is 11.7. The number of nitriles is 1. The third-order valence-corrected chi connectivity index (χ3v) is 5.53. The smallest absolute Gasteiger partial charge is 0.216 e. The lowest BCUT2D eigenvalue weighted by molar-refractivity contribution is 0.272. The number of rotatable bonds is 9. The summed E-state index contributed by atoms with van der Waals surface area (Å²) < 4.78 is 49.7. The number of hydrogen-bond donors (Lipinski definition) is 0. The molecule has 0 saturated carbocycles. The van der Waals surface area contributed by atoms with Crippen LogP contribution in [0, 0.1) is 17.1 Å². The molecule has 148 valence electrons. The van der Waals surface area contributed by atoms with E-state index in [4.69, 9.17) is 9.47 Å². The van der Waals surface area contributed by atoms with Gasteiger partial charge in [0.1, 0.15) is 16.8 Å². The molecule has 0 fully saturated rings. The molecule has 0 unspecified atom stereocenters. The Balaban J connectivity index is 2.39. The third-order valence-electron chi connectivity index (χ3n) is 3.84. The van der Waals surface area contributed by atoms with Crippen LogP contribution in [0.1, 0.15) is 32.3 Å². The van der Waals surface area contributed by atoms with Crippen LogP contribution in [-0.4, -0.2) is 21.6 Å². The van der Waals surface area contributed by atoms with E-state index in [9.17, 15) is 18.1 Å². The number of benzene rings is 2. The molecule has 0 saturated heterocycles. The van der Waals surface area contributed by atoms with Crippen LogP contribution in [-0.2, 0) is 9.84 Å². The lowest BCUT2D eigenvalue weighted by Crippen LogP contribution is -2.04. The van der Waals surface area contributed by atoms with Crippen molar-refractivity contribution in [2.75, 3.05) is 13.2 Å². The van der Waals surface area contributed by atoms with E-state index in [2.05, 4.69) is 6.92 Å². The van der Waals surface area contributed by atoms with Crippen molar-refractivity contribution in [3.63, 3.8) is 0 Å². The number of hydrogen-bond acceptors (Lipinski definition) is 5. The van der Waals surface area contributed by atoms with Gasteiger partial charge < -0.3 is 9.47 Å². The predicted octanol–water partition coefficient (Wildman–Crippen LogP) is 4.74. The molecule has 2 rings (SSSR count). The average Bonchev–Trinajstić information content (AvgIpc) is 2.68. The van der Waals surface area contributed by atoms with Gasteiger partial charge in [0.15, 0.2) is 11.5 Å². The highest BCUT2D eigenvalue weighted by molar-refractivity contribution is 7.95. The van der Waals surface area contributed by atoms with Gasteiger partial charge in [-0.1, -0.05) is 19.4 Å². The van der Waals surface area contributed by atoms with Gasteiger partial charge in [-0.2, -0.15) is 5.26 Å². The maximum atomic E-state index is 13.1. The summed E-state index contributed by atoms with van der Waals surface area (Å²) in [6, 6.07) is 11.0. The summed E-state index contributed by atoms with van der Waals surface area (Å²) in [5.74, 6) is 0.484. The van der Waals surface area contributed by atoms with Gasteiger partial charge in [0, 0.05) is 0 Å². The van der Waals surface area contributed by atoms with Crippen molar-refractivity contribution >= 4 is 15.9 Å². The van der Waals surface area contributed by atoms with E-state index in [-0.39, 0.29) is 4.90 Å². The van der Waals surface area contributed by atoms with Crippen molar-refractivity contribution in [3.05, 3.63) is 58.8 Å². The summed E-state index contributed by atoms with van der Waals surface area (Å²) in [5.41, 5.74) is 0.480. The second-order valence-electron chi connectivity index (χ2n) is 5.92. The first kappa shape index (κ1) is 21.5. The molecule has 0 N–H and O–H groups in total. The lowest BCUT2D eigenvalue weighted by Gasteiger charge is -2.12. The van der Waals surface area contributed by atoms with E-state index < -0.39 is 20.6 Å². The number of sulfone groups is 1. The van der Waals surface area contributed by atoms with Gasteiger partial charge in [0.05, 0.1) is 18.1 Å². The maximum absolute atomic E-state index is 13.1. The first-order valence-electron chi connectivity index (χ1n) is 8.94. The summed E-state index contributed by atoms with van der Waals surface area (Å²) >= 11 is 0. The van der Waals surface area contributed by atoms with Crippen molar-refractivity contribution in [1.29, 1.82) is 5.26 Å². The number of nitrogens with zero attached hydrogens (tertiary/aromatic N) is 1. The molecule has 2 aromatic carbocycles. The Morgan fingerprint density at radius 2 is 1.82 bits per heavy atom. The standard InChI is InChI=1S/C21H22FNO4S/c1-3-5-12-27-20-11-6-16(14-21(20)26-4-2)13-19(15-23)28(24,25)18-9-7-17(22)8-10-18/h6-11,13-14H,3-5,12H2,1-2H3. The van der Waals surface area contributed by atoms with E-state index in [1.807, 2.05) is 6.92 Å². The van der Waals surface area contributed by atoms with Crippen LogP contribution in [0.4, 0.5) is 4.39 Å². The first-order chi connectivity index (χ1) is 13.4. The van der Waals surface area contributed by atoms with E-state index in [0.29, 0.717) is 30.3 Å². The van der Waals surface area contributed by atoms with Gasteiger partial charge in [-0.05, 0) is 61.4 Å². The van der Waals surface area contributed by atoms with E-state index >= 15 is 0 Å². The molecule has 5 nitrogen and oxygen atoms in total. The Hall–Kier alpha value is -2.85. The van der Waals surface area contributed by atoms with Crippen molar-refractivity contribution < 1.29 is 22.3 Å². The molecule has 0 aliphatic carbocycles. The highest BCUT2D eigenvalue weighted by Gasteiger charge is 2.21. The summed E-state index contributed by atoms with van der Waals surface area (Å²) in [5, 5.41) is 9.38. The van der Waals surface area contributed by atoms with E-state index in [1.54, 1.807) is 24.3 Å². The number of unbranched alkanes of at least 4 members (excludes halogenated alkanes) is 1. The molecular formula is C21H22FNO4S. The average molecular weight is 403 g/mol. The van der Waals surface area contributed by atoms with Crippen molar-refractivity contribution in [3.8, 4) is 17.6 Å². The summed E-state index contributed by atoms with van der Waals surface area (Å²) in [6.07, 6.45) is 3.16. The lowest BCUT2D eigenvalue weighted by atomic mass is 10.2. The fourth-order valence-corrected chi connectivity index (χ4v) is 3.55. The highest BCUT2D eigenvalue weighted by Crippen LogP contribution is 2.30. The van der Waals surface area contributed by atoms with Gasteiger partial charge in [-0.15, -0.1) is 0 Å². The van der Waals surface area contributed by atoms with Gasteiger partial charge in [0.25, 0.3) is 0 Å². The Morgan fingerprint density at radius 1 is 1.11 bits per heavy atom. The monoisotopic (exact) mass is 403 g/mol. The minimum absolute atomic E-state index is 0.147. The molecule has 0 aliphatic heterocycles. The fourth-order valence-electron chi connectivity index (χ4n) is 2.39. The zero-order chi connectivity index (χ0) is 20.6. The minimum Gasteiger partial charge on any atom is -0.490 e. The minimum atomic E-state index is -4.06. The SMILES string of the molecule is CCCCOc1ccc(C=C(C#N)S(=O)(=O)c2ccc(F)cc2)cc1OCC. The number of ether oxygens (including phenoxy) is 2. The summed E-state index contributed by atoms with van der Waals surface area (Å²) in [4.78, 5) is -0.590. The van der Waals surface area contributed by atoms with Gasteiger partial charge in [-0.3, -0.25) is 0 Å². The molecule has 0 bridgehead atoms. The second kappa shape index (κ2) is 9.90. The summed E-state index contributed by atoms with van der Waals surface area (Å²) in [7, 11) is -4.06. The van der Waals surface area contributed by atoms with Crippen LogP contribution >= 0.6 is 0 Å². The number of halogens is 1. The maximum Gasteiger partial charge on any atom is 0.216 e. The number of allylic oxidation sites excluding steroid dienone is 1. The molecule has 0 amide bonds. The quantitative estimate of drug-likeness (QED) is 0.343. The first-order valence-corrected chi connectivity index (χ1v) is 10.4. The molecule has 0 heterocycles. The molecule has 0 aliphatic rings. The van der Waals surface area contributed by atoms with Crippen LogP contribution < -0.4 is 9.47 Å². The van der Waals surface area contributed by atoms with Crippen LogP contribution in [0.25, 0.3) is 6.08 Å². The molecule has 0 aromatic heterocycles. The van der Waals surface area contributed by atoms with Crippen molar-refractivity contribution in [2.45, 2.75) is 31.6 Å². The van der Waals surface area contributed by atoms with Gasteiger partial charge in [0.2, 0.25) is 9.84 Å².